The third kappa shape index (κ3) is 4.78. The van der Waals surface area contributed by atoms with Crippen LogP contribution in [0.4, 0.5) is 5.69 Å². The van der Waals surface area contributed by atoms with E-state index in [1.165, 1.54) is 12.0 Å². The second kappa shape index (κ2) is 10.3. The summed E-state index contributed by atoms with van der Waals surface area (Å²) in [5.74, 6) is 0.219. The van der Waals surface area contributed by atoms with E-state index in [0.717, 1.165) is 4.47 Å². The van der Waals surface area contributed by atoms with Gasteiger partial charge in [0.1, 0.15) is 6.61 Å². The summed E-state index contributed by atoms with van der Waals surface area (Å²) in [4.78, 5) is 27.7. The van der Waals surface area contributed by atoms with Crippen molar-refractivity contribution in [2.45, 2.75) is 13.8 Å². The number of amides is 1. The molecular weight excluding hydrogens is 474 g/mol. The van der Waals surface area contributed by atoms with Crippen molar-refractivity contribution in [3.05, 3.63) is 82.0 Å². The van der Waals surface area contributed by atoms with E-state index in [2.05, 4.69) is 22.5 Å². The zero-order valence-corrected chi connectivity index (χ0v) is 19.8. The summed E-state index contributed by atoms with van der Waals surface area (Å²) >= 11 is 3.40. The molecule has 1 aliphatic heterocycles. The molecule has 0 saturated heterocycles. The number of methoxy groups -OCH3 is 1. The topological polar surface area (TPSA) is 65.1 Å². The third-order valence-corrected chi connectivity index (χ3v) is 5.35. The van der Waals surface area contributed by atoms with Crippen LogP contribution in [0.5, 0.6) is 11.5 Å². The number of anilines is 1. The van der Waals surface area contributed by atoms with Gasteiger partial charge >= 0.3 is 5.97 Å². The van der Waals surface area contributed by atoms with Crippen LogP contribution < -0.4 is 14.4 Å². The first-order valence-corrected chi connectivity index (χ1v) is 10.8. The van der Waals surface area contributed by atoms with E-state index >= 15 is 0 Å². The van der Waals surface area contributed by atoms with Crippen LogP contribution >= 0.6 is 15.9 Å². The Balaban J connectivity index is 2.08. The van der Waals surface area contributed by atoms with Gasteiger partial charge in [-0.3, -0.25) is 9.69 Å². The molecule has 0 bridgehead atoms. The average molecular weight is 498 g/mol. The largest absolute Gasteiger partial charge is 0.493 e. The SMILES string of the molecule is C=CCOc1ccc(/C=C2\C(=O)N(c3ccc(Br)cc3)C(C)=C2C(=O)OCC)cc1OC. The molecular formula is C25H24BrNO5. The number of rotatable bonds is 8. The smallest absolute Gasteiger partial charge is 0.340 e. The summed E-state index contributed by atoms with van der Waals surface area (Å²) in [6, 6.07) is 12.6. The zero-order valence-electron chi connectivity index (χ0n) is 18.2. The van der Waals surface area contributed by atoms with Crippen molar-refractivity contribution in [2.75, 3.05) is 25.2 Å². The fraction of sp³-hybridized carbons (Fsp3) is 0.200. The Hall–Kier alpha value is -3.32. The minimum absolute atomic E-state index is 0.207. The van der Waals surface area contributed by atoms with Gasteiger partial charge in [0.25, 0.3) is 5.91 Å². The number of carbonyl (C=O) groups excluding carboxylic acids is 2. The second-order valence-corrected chi connectivity index (χ2v) is 7.78. The molecule has 0 unspecified atom stereocenters. The quantitative estimate of drug-likeness (QED) is 0.281. The van der Waals surface area contributed by atoms with Gasteiger partial charge < -0.3 is 14.2 Å². The number of esters is 1. The molecule has 2 aromatic rings. The van der Waals surface area contributed by atoms with Gasteiger partial charge in [0.05, 0.1) is 24.9 Å². The van der Waals surface area contributed by atoms with Gasteiger partial charge in [-0.1, -0.05) is 34.7 Å². The number of benzene rings is 2. The maximum Gasteiger partial charge on any atom is 0.340 e. The molecule has 2 aromatic carbocycles. The molecule has 166 valence electrons. The highest BCUT2D eigenvalue weighted by atomic mass is 79.9. The van der Waals surface area contributed by atoms with Crippen molar-refractivity contribution >= 4 is 39.6 Å². The first-order valence-electron chi connectivity index (χ1n) is 10.0. The number of hydrogen-bond acceptors (Lipinski definition) is 5. The molecule has 1 aliphatic rings. The Morgan fingerprint density at radius 2 is 1.88 bits per heavy atom. The van der Waals surface area contributed by atoms with Crippen molar-refractivity contribution in [3.8, 4) is 11.5 Å². The Labute approximate surface area is 195 Å². The van der Waals surface area contributed by atoms with Gasteiger partial charge in [-0.25, -0.2) is 4.79 Å². The van der Waals surface area contributed by atoms with Gasteiger partial charge in [-0.15, -0.1) is 0 Å². The highest BCUT2D eigenvalue weighted by molar-refractivity contribution is 9.10. The molecule has 0 spiro atoms. The van der Waals surface area contributed by atoms with Crippen molar-refractivity contribution in [3.63, 3.8) is 0 Å². The van der Waals surface area contributed by atoms with Crippen molar-refractivity contribution < 1.29 is 23.8 Å². The molecule has 0 fully saturated rings. The lowest BCUT2D eigenvalue weighted by molar-refractivity contribution is -0.138. The molecule has 0 atom stereocenters. The van der Waals surface area contributed by atoms with E-state index in [0.29, 0.717) is 35.1 Å². The number of carbonyl (C=O) groups is 2. The molecule has 6 nitrogen and oxygen atoms in total. The van der Waals surface area contributed by atoms with Crippen LogP contribution in [0.15, 0.2) is 76.4 Å². The molecule has 0 radical (unpaired) electrons. The number of halogens is 1. The lowest BCUT2D eigenvalue weighted by Crippen LogP contribution is -2.24. The van der Waals surface area contributed by atoms with Crippen molar-refractivity contribution in [2.24, 2.45) is 0 Å². The summed E-state index contributed by atoms with van der Waals surface area (Å²) in [7, 11) is 1.54. The predicted octanol–water partition coefficient (Wildman–Crippen LogP) is 5.29. The van der Waals surface area contributed by atoms with Gasteiger partial charge in [-0.05, 0) is 61.9 Å². The van der Waals surface area contributed by atoms with Crippen LogP contribution in [-0.4, -0.2) is 32.2 Å². The summed E-state index contributed by atoms with van der Waals surface area (Å²) in [6.45, 7) is 7.65. The molecule has 3 rings (SSSR count). The van der Waals surface area contributed by atoms with Gasteiger partial charge in [0.15, 0.2) is 11.5 Å². The van der Waals surface area contributed by atoms with Gasteiger partial charge in [-0.2, -0.15) is 0 Å². The second-order valence-electron chi connectivity index (χ2n) is 6.87. The summed E-state index contributed by atoms with van der Waals surface area (Å²) in [6.07, 6.45) is 3.30. The van der Waals surface area contributed by atoms with E-state index in [1.54, 1.807) is 44.2 Å². The highest BCUT2D eigenvalue weighted by Gasteiger charge is 2.38. The first kappa shape index (κ1) is 23.3. The van der Waals surface area contributed by atoms with Gasteiger partial charge in [0.2, 0.25) is 0 Å². The Morgan fingerprint density at radius 3 is 2.50 bits per heavy atom. The third-order valence-electron chi connectivity index (χ3n) is 4.82. The minimum Gasteiger partial charge on any atom is -0.493 e. The minimum atomic E-state index is -0.540. The van der Waals surface area contributed by atoms with Crippen molar-refractivity contribution in [1.29, 1.82) is 0 Å². The van der Waals surface area contributed by atoms with Crippen LogP contribution in [0.1, 0.15) is 19.4 Å². The molecule has 7 heteroatoms. The average Bonchev–Trinajstić information content (AvgIpc) is 3.03. The van der Waals surface area contributed by atoms with Gasteiger partial charge in [0, 0.05) is 15.9 Å². The fourth-order valence-electron chi connectivity index (χ4n) is 3.39. The lowest BCUT2D eigenvalue weighted by atomic mass is 10.0. The molecule has 0 aliphatic carbocycles. The maximum atomic E-state index is 13.4. The van der Waals surface area contributed by atoms with E-state index in [-0.39, 0.29) is 23.7 Å². The molecule has 1 amide bonds. The molecule has 0 saturated carbocycles. The molecule has 0 N–H and O–H groups in total. The highest BCUT2D eigenvalue weighted by Crippen LogP contribution is 2.37. The van der Waals surface area contributed by atoms with Crippen LogP contribution in [0, 0.1) is 0 Å². The van der Waals surface area contributed by atoms with E-state index in [4.69, 9.17) is 14.2 Å². The standard InChI is InChI=1S/C25H24BrNO5/c1-5-13-32-21-12-7-17(15-22(21)30-4)14-20-23(25(29)31-6-2)16(3)27(24(20)28)19-10-8-18(26)9-11-19/h5,7-12,14-15H,1,6,13H2,2-4H3/b20-14-. The van der Waals surface area contributed by atoms with E-state index in [1.807, 2.05) is 24.3 Å². The number of nitrogens with zero attached hydrogens (tertiary/aromatic N) is 1. The Morgan fingerprint density at radius 1 is 1.16 bits per heavy atom. The summed E-state index contributed by atoms with van der Waals surface area (Å²) in [5.41, 5.74) is 2.35. The zero-order chi connectivity index (χ0) is 23.3. The van der Waals surface area contributed by atoms with E-state index < -0.39 is 5.97 Å². The molecule has 1 heterocycles. The monoisotopic (exact) mass is 497 g/mol. The number of allylic oxidation sites excluding steroid dienone is 1. The first-order chi connectivity index (χ1) is 15.4. The fourth-order valence-corrected chi connectivity index (χ4v) is 3.66. The predicted molar refractivity (Wildman–Crippen MR) is 128 cm³/mol. The Bertz CT molecular complexity index is 1100. The van der Waals surface area contributed by atoms with Crippen LogP contribution in [0.25, 0.3) is 6.08 Å². The Kier molecular flexibility index (Phi) is 7.53. The van der Waals surface area contributed by atoms with Crippen LogP contribution in [0.2, 0.25) is 0 Å². The van der Waals surface area contributed by atoms with Crippen LogP contribution in [0.3, 0.4) is 0 Å². The maximum absolute atomic E-state index is 13.4. The lowest BCUT2D eigenvalue weighted by Gasteiger charge is -2.18. The number of hydrogen-bond donors (Lipinski definition) is 0. The molecule has 0 aromatic heterocycles. The van der Waals surface area contributed by atoms with Crippen LogP contribution in [-0.2, 0) is 14.3 Å². The summed E-state index contributed by atoms with van der Waals surface area (Å²) < 4.78 is 17.1. The summed E-state index contributed by atoms with van der Waals surface area (Å²) in [5, 5.41) is 0. The van der Waals surface area contributed by atoms with E-state index in [9.17, 15) is 9.59 Å². The normalized spacial score (nSPS) is 14.7. The number of ether oxygens (including phenoxy) is 3. The van der Waals surface area contributed by atoms with Crippen molar-refractivity contribution in [1.82, 2.24) is 0 Å². The molecule has 32 heavy (non-hydrogen) atoms.